The number of nitrogens with two attached hydrogens (primary N) is 1. The van der Waals surface area contributed by atoms with Crippen molar-refractivity contribution in [2.45, 2.75) is 18.0 Å². The van der Waals surface area contributed by atoms with Crippen molar-refractivity contribution >= 4 is 47.8 Å². The van der Waals surface area contributed by atoms with Crippen LogP contribution in [0, 0.1) is 6.92 Å². The number of hydrogen-bond acceptors (Lipinski definition) is 3. The van der Waals surface area contributed by atoms with Gasteiger partial charge in [0, 0.05) is 5.56 Å². The molecule has 0 amide bonds. The van der Waals surface area contributed by atoms with Gasteiger partial charge in [-0.2, -0.15) is 18.3 Å². The Labute approximate surface area is 184 Å². The molecule has 0 saturated heterocycles. The summed E-state index contributed by atoms with van der Waals surface area (Å²) < 4.78 is 63.2. The van der Waals surface area contributed by atoms with E-state index in [9.17, 15) is 21.6 Å². The molecule has 1 aromatic heterocycles. The van der Waals surface area contributed by atoms with Crippen LogP contribution in [0.25, 0.3) is 16.9 Å². The van der Waals surface area contributed by atoms with Gasteiger partial charge in [0.2, 0.25) is 10.0 Å². The van der Waals surface area contributed by atoms with Crippen LogP contribution in [0.5, 0.6) is 0 Å². The number of aromatic nitrogens is 2. The molecule has 0 saturated carbocycles. The number of hydrogen-bond donors (Lipinski definition) is 1. The first-order valence-electron chi connectivity index (χ1n) is 7.43. The molecule has 0 aliphatic rings. The normalized spacial score (nSPS) is 11.9. The van der Waals surface area contributed by atoms with Crippen molar-refractivity contribution in [2.75, 3.05) is 0 Å². The molecule has 0 unspecified atom stereocenters. The van der Waals surface area contributed by atoms with Crippen LogP contribution in [0.3, 0.4) is 0 Å². The Morgan fingerprint density at radius 1 is 1.00 bits per heavy atom. The SMILES string of the molecule is Cc1ccc(-c2cc(C(F)(F)F)nn2-c2ccc(S(N)(=O)=O)cc2)cc1.[CaH2]. The van der Waals surface area contributed by atoms with Crippen LogP contribution >= 0.6 is 0 Å². The zero-order valence-corrected chi connectivity index (χ0v) is 14.3. The average molecular weight is 423 g/mol. The average Bonchev–Trinajstić information content (AvgIpc) is 3.00. The second kappa shape index (κ2) is 7.92. The summed E-state index contributed by atoms with van der Waals surface area (Å²) >= 11 is 0. The van der Waals surface area contributed by atoms with Crippen LogP contribution in [0.1, 0.15) is 11.3 Å². The van der Waals surface area contributed by atoms with Crippen LogP contribution in [0.4, 0.5) is 13.2 Å². The third-order valence-electron chi connectivity index (χ3n) is 3.76. The minimum atomic E-state index is -4.61. The van der Waals surface area contributed by atoms with Crippen molar-refractivity contribution in [1.82, 2.24) is 9.78 Å². The topological polar surface area (TPSA) is 78.0 Å². The van der Waals surface area contributed by atoms with E-state index in [1.807, 2.05) is 6.92 Å². The molecule has 2 N–H and O–H groups in total. The first-order valence-corrected chi connectivity index (χ1v) is 8.98. The van der Waals surface area contributed by atoms with Gasteiger partial charge in [-0.25, -0.2) is 18.2 Å². The Hall–Kier alpha value is -1.39. The maximum absolute atomic E-state index is 13.1. The summed E-state index contributed by atoms with van der Waals surface area (Å²) in [6.07, 6.45) is -4.61. The van der Waals surface area contributed by atoms with Crippen LogP contribution in [-0.4, -0.2) is 55.9 Å². The fraction of sp³-hybridized carbons (Fsp3) is 0.118. The molecule has 5 nitrogen and oxygen atoms in total. The van der Waals surface area contributed by atoms with E-state index in [0.717, 1.165) is 16.3 Å². The molecule has 3 rings (SSSR count). The van der Waals surface area contributed by atoms with Gasteiger partial charge < -0.3 is 0 Å². The molecule has 0 fully saturated rings. The van der Waals surface area contributed by atoms with Crippen molar-refractivity contribution in [3.05, 3.63) is 65.9 Å². The van der Waals surface area contributed by atoms with Crippen LogP contribution in [0.2, 0.25) is 0 Å². The molecule has 0 atom stereocenters. The predicted octanol–water partition coefficient (Wildman–Crippen LogP) is 2.60. The standard InChI is InChI=1S/C17H14F3N3O2S.Ca.2H/c1-11-2-4-12(5-3-11)15-10-16(17(18,19)20)22-23(15)13-6-8-14(9-7-13)26(21,24)25;;;/h2-10H,1H3,(H2,21,24,25);;;. The van der Waals surface area contributed by atoms with Gasteiger partial charge in [-0.3, -0.25) is 0 Å². The van der Waals surface area contributed by atoms with Crippen molar-refractivity contribution in [3.63, 3.8) is 0 Å². The third kappa shape index (κ3) is 4.91. The monoisotopic (exact) mass is 423 g/mol. The van der Waals surface area contributed by atoms with Crippen LogP contribution in [-0.2, 0) is 16.2 Å². The molecule has 140 valence electrons. The molecule has 2 aromatic carbocycles. The molecule has 0 radical (unpaired) electrons. The van der Waals surface area contributed by atoms with Gasteiger partial charge >= 0.3 is 43.9 Å². The first kappa shape index (κ1) is 21.9. The van der Waals surface area contributed by atoms with Gasteiger partial charge in [0.15, 0.2) is 5.69 Å². The van der Waals surface area contributed by atoms with E-state index in [-0.39, 0.29) is 54.0 Å². The molecule has 0 aliphatic heterocycles. The molecular weight excluding hydrogens is 407 g/mol. The van der Waals surface area contributed by atoms with Crippen molar-refractivity contribution < 1.29 is 21.6 Å². The molecule has 0 bridgehead atoms. The number of halogens is 3. The fourth-order valence-corrected chi connectivity index (χ4v) is 2.94. The van der Waals surface area contributed by atoms with E-state index in [0.29, 0.717) is 5.56 Å². The van der Waals surface area contributed by atoms with Gasteiger partial charge in [-0.15, -0.1) is 0 Å². The van der Waals surface area contributed by atoms with Crippen molar-refractivity contribution in [1.29, 1.82) is 0 Å². The molecule has 0 spiro atoms. The Balaban J connectivity index is 0.00000261. The summed E-state index contributed by atoms with van der Waals surface area (Å²) in [5.74, 6) is 0. The summed E-state index contributed by atoms with van der Waals surface area (Å²) in [6.45, 7) is 1.87. The van der Waals surface area contributed by atoms with Gasteiger partial charge in [-0.1, -0.05) is 29.8 Å². The fourth-order valence-electron chi connectivity index (χ4n) is 2.42. The van der Waals surface area contributed by atoms with Crippen molar-refractivity contribution in [3.8, 4) is 16.9 Å². The van der Waals surface area contributed by atoms with Gasteiger partial charge in [0.05, 0.1) is 16.3 Å². The van der Waals surface area contributed by atoms with Gasteiger partial charge in [0.25, 0.3) is 0 Å². The molecule has 0 aliphatic carbocycles. The van der Waals surface area contributed by atoms with E-state index in [2.05, 4.69) is 5.10 Å². The Morgan fingerprint density at radius 3 is 2.04 bits per heavy atom. The van der Waals surface area contributed by atoms with E-state index < -0.39 is 21.9 Å². The number of alkyl halides is 3. The summed E-state index contributed by atoms with van der Waals surface area (Å²) in [4.78, 5) is -0.138. The van der Waals surface area contributed by atoms with Crippen LogP contribution < -0.4 is 5.14 Å². The number of benzene rings is 2. The van der Waals surface area contributed by atoms with Crippen LogP contribution in [0.15, 0.2) is 59.5 Å². The Kier molecular flexibility index (Phi) is 6.43. The second-order valence-corrected chi connectivity index (χ2v) is 7.29. The van der Waals surface area contributed by atoms with Gasteiger partial charge in [0.1, 0.15) is 0 Å². The van der Waals surface area contributed by atoms with E-state index in [1.165, 1.54) is 24.3 Å². The zero-order valence-electron chi connectivity index (χ0n) is 13.5. The molecule has 1 heterocycles. The molecular formula is C17H16CaF3N3O2S. The van der Waals surface area contributed by atoms with Crippen molar-refractivity contribution in [2.24, 2.45) is 5.14 Å². The summed E-state index contributed by atoms with van der Waals surface area (Å²) in [7, 11) is -3.90. The quantitative estimate of drug-likeness (QED) is 0.658. The maximum atomic E-state index is 13.1. The first-order chi connectivity index (χ1) is 12.1. The summed E-state index contributed by atoms with van der Waals surface area (Å²) in [6, 6.07) is 13.1. The number of rotatable bonds is 3. The molecule has 10 heteroatoms. The molecule has 3 aromatic rings. The third-order valence-corrected chi connectivity index (χ3v) is 4.69. The van der Waals surface area contributed by atoms with E-state index in [4.69, 9.17) is 5.14 Å². The Bertz CT molecular complexity index is 1040. The summed E-state index contributed by atoms with van der Waals surface area (Å²) in [5, 5.41) is 8.70. The Morgan fingerprint density at radius 2 is 1.56 bits per heavy atom. The minimum absolute atomic E-state index is 0. The number of sulfonamides is 1. The predicted molar refractivity (Wildman–Crippen MR) is 98.7 cm³/mol. The second-order valence-electron chi connectivity index (χ2n) is 5.73. The number of aryl methyl sites for hydroxylation is 1. The van der Waals surface area contributed by atoms with E-state index in [1.54, 1.807) is 24.3 Å². The van der Waals surface area contributed by atoms with E-state index >= 15 is 0 Å². The van der Waals surface area contributed by atoms with Gasteiger partial charge in [-0.05, 0) is 37.3 Å². The number of primary sulfonamides is 1. The summed E-state index contributed by atoms with van der Waals surface area (Å²) in [5.41, 5.74) is 0.996. The zero-order chi connectivity index (χ0) is 19.1. The number of nitrogens with zero attached hydrogens (tertiary/aromatic N) is 2. The molecule has 27 heavy (non-hydrogen) atoms.